The van der Waals surface area contributed by atoms with Crippen molar-refractivity contribution in [1.82, 2.24) is 0 Å². The van der Waals surface area contributed by atoms with Gasteiger partial charge in [-0.3, -0.25) is 0 Å². The van der Waals surface area contributed by atoms with E-state index >= 15 is 0 Å². The largest absolute Gasteiger partial charge is 0.146 e. The summed E-state index contributed by atoms with van der Waals surface area (Å²) in [5.41, 5.74) is 0. The summed E-state index contributed by atoms with van der Waals surface area (Å²) in [5.74, 6) is 0. The number of hydrogen-bond acceptors (Lipinski definition) is 4. The van der Waals surface area contributed by atoms with Gasteiger partial charge in [0.15, 0.2) is 0 Å². The third-order valence-corrected chi connectivity index (χ3v) is 7.99. The van der Waals surface area contributed by atoms with E-state index in [1.807, 2.05) is 57.5 Å². The summed E-state index contributed by atoms with van der Waals surface area (Å²) in [4.78, 5) is 2.80. The van der Waals surface area contributed by atoms with Crippen molar-refractivity contribution in [1.29, 1.82) is 0 Å². The smallest absolute Gasteiger partial charge is 0.135 e. The van der Waals surface area contributed by atoms with E-state index in [2.05, 4.69) is 59.6 Å². The number of rotatable bonds is 0. The molecule has 0 saturated carbocycles. The first-order chi connectivity index (χ1) is 11.2. The maximum absolute atomic E-state index is 2.21. The summed E-state index contributed by atoms with van der Waals surface area (Å²) in [6.07, 6.45) is 0. The van der Waals surface area contributed by atoms with Crippen molar-refractivity contribution >= 4 is 75.5 Å². The second kappa shape index (κ2) is 8.22. The molecule has 0 amide bonds. The molecule has 23 heavy (non-hydrogen) atoms. The molecule has 5 aromatic rings. The van der Waals surface area contributed by atoms with E-state index in [9.17, 15) is 0 Å². The highest BCUT2D eigenvalue weighted by molar-refractivity contribution is 7.37. The zero-order valence-corrected chi connectivity index (χ0v) is 17.0. The molecule has 0 aliphatic rings. The van der Waals surface area contributed by atoms with Crippen molar-refractivity contribution in [3.63, 3.8) is 0 Å². The van der Waals surface area contributed by atoms with Gasteiger partial charge < -0.3 is 0 Å². The first kappa shape index (κ1) is 16.9. The van der Waals surface area contributed by atoms with Crippen molar-refractivity contribution in [3.05, 3.63) is 67.7 Å². The molecule has 0 N–H and O–H groups in total. The molecule has 5 rings (SSSR count). The van der Waals surface area contributed by atoms with Crippen LogP contribution in [0.3, 0.4) is 0 Å². The van der Waals surface area contributed by atoms with Crippen LogP contribution in [0.2, 0.25) is 0 Å². The predicted octanol–water partition coefficient (Wildman–Crippen LogP) is 8.02. The molecule has 0 unspecified atom stereocenters. The lowest BCUT2D eigenvalue weighted by atomic mass is 10.5. The summed E-state index contributed by atoms with van der Waals surface area (Å²) in [6, 6.07) is 12.8. The van der Waals surface area contributed by atoms with Crippen molar-refractivity contribution in [2.45, 2.75) is 13.8 Å². The lowest BCUT2D eigenvalue weighted by Crippen LogP contribution is -1.44. The lowest BCUT2D eigenvalue weighted by molar-refractivity contribution is 1.61. The Balaban J connectivity index is 0.000000112. The van der Waals surface area contributed by atoms with Crippen LogP contribution in [-0.2, 0) is 0 Å². The summed E-state index contributed by atoms with van der Waals surface area (Å²) >= 11 is 8.77. The fourth-order valence-electron chi connectivity index (χ4n) is 2.01. The zero-order valence-electron chi connectivity index (χ0n) is 12.9. The van der Waals surface area contributed by atoms with Gasteiger partial charge in [-0.05, 0) is 72.3 Å². The maximum atomic E-state index is 2.21. The fraction of sp³-hybridized carbons (Fsp3) is 0.111. The first-order valence-electron chi connectivity index (χ1n) is 7.12. The normalized spacial score (nSPS) is 10.2. The van der Waals surface area contributed by atoms with Crippen LogP contribution in [0.25, 0.3) is 18.8 Å². The molecule has 118 valence electrons. The van der Waals surface area contributed by atoms with E-state index in [0.29, 0.717) is 0 Å². The maximum Gasteiger partial charge on any atom is 0.135 e. The Morgan fingerprint density at radius 1 is 0.696 bits per heavy atom. The van der Waals surface area contributed by atoms with Crippen molar-refractivity contribution < 1.29 is 0 Å². The van der Waals surface area contributed by atoms with Gasteiger partial charge in [0.25, 0.3) is 0 Å². The lowest BCUT2D eigenvalue weighted by Gasteiger charge is -1.71. The molecule has 0 aliphatic heterocycles. The molecule has 5 aromatic heterocycles. The van der Waals surface area contributed by atoms with Gasteiger partial charge in [0, 0.05) is 19.2 Å². The van der Waals surface area contributed by atoms with Crippen molar-refractivity contribution in [3.8, 4) is 0 Å². The SMILES string of the molecule is Cc1ccc(C)s1.c1cc2sc3ccsc3c2s1.c1cc[sH+]c1. The third-order valence-electron chi connectivity index (χ3n) is 3.01. The molecule has 0 aromatic carbocycles. The highest BCUT2D eigenvalue weighted by Gasteiger charge is 2.05. The minimum Gasteiger partial charge on any atom is -0.146 e. The van der Waals surface area contributed by atoms with Crippen LogP contribution < -0.4 is 0 Å². The molecule has 0 saturated heterocycles. The van der Waals surface area contributed by atoms with E-state index in [-0.39, 0.29) is 0 Å². The van der Waals surface area contributed by atoms with E-state index < -0.39 is 0 Å². The van der Waals surface area contributed by atoms with E-state index in [0.717, 1.165) is 0 Å². The number of thiophene rings is 5. The van der Waals surface area contributed by atoms with Crippen LogP contribution >= 0.6 is 56.7 Å². The molecule has 5 heterocycles. The summed E-state index contributed by atoms with van der Waals surface area (Å²) in [7, 11) is 0. The highest BCUT2D eigenvalue weighted by Crippen LogP contribution is 2.40. The topological polar surface area (TPSA) is 0 Å². The average molecular weight is 394 g/mol. The second-order valence-electron chi connectivity index (χ2n) is 4.82. The van der Waals surface area contributed by atoms with Crippen molar-refractivity contribution in [2.24, 2.45) is 0 Å². The minimum absolute atomic E-state index is 1.33. The Labute approximate surface area is 156 Å². The van der Waals surface area contributed by atoms with Gasteiger partial charge in [0.05, 0.1) is 9.40 Å². The minimum atomic E-state index is 1.33. The molecule has 0 spiro atoms. The molecular weight excluding hydrogens is 377 g/mol. The van der Waals surface area contributed by atoms with Crippen LogP contribution in [0, 0.1) is 13.8 Å². The summed E-state index contributed by atoms with van der Waals surface area (Å²) in [5, 5.41) is 8.53. The van der Waals surface area contributed by atoms with Crippen LogP contribution in [0.15, 0.2) is 57.9 Å². The van der Waals surface area contributed by atoms with Gasteiger partial charge >= 0.3 is 0 Å². The van der Waals surface area contributed by atoms with Crippen LogP contribution in [0.4, 0.5) is 0 Å². The molecular formula is C18H17S5+. The molecule has 5 heteroatoms. The van der Waals surface area contributed by atoms with E-state index in [1.165, 1.54) is 39.9 Å². The Kier molecular flexibility index (Phi) is 6.02. The number of hydrogen-bond donors (Lipinski definition) is 0. The monoisotopic (exact) mass is 393 g/mol. The summed E-state index contributed by atoms with van der Waals surface area (Å²) in [6.45, 7) is 4.25. The number of fused-ring (bicyclic) bond motifs is 3. The highest BCUT2D eigenvalue weighted by atomic mass is 32.1. The fourth-order valence-corrected chi connectivity index (χ4v) is 6.80. The van der Waals surface area contributed by atoms with Crippen LogP contribution in [0.1, 0.15) is 9.75 Å². The van der Waals surface area contributed by atoms with Crippen LogP contribution in [0.5, 0.6) is 0 Å². The number of aryl methyl sites for hydroxylation is 2. The Morgan fingerprint density at radius 2 is 1.22 bits per heavy atom. The predicted molar refractivity (Wildman–Crippen MR) is 115 cm³/mol. The summed E-state index contributed by atoms with van der Waals surface area (Å²) < 4.78 is 5.83. The standard InChI is InChI=1S/C8H4S3.C6H8S.C4H4S/c1-3-9-7-5(1)11-6-2-4-10-8(6)7;1-5-3-4-6(2)7-5;1-2-4-5-3-1/h1-4H;3-4H,1-2H3;1-4H/p+1. The van der Waals surface area contributed by atoms with Gasteiger partial charge in [0.2, 0.25) is 0 Å². The quantitative estimate of drug-likeness (QED) is 0.234. The van der Waals surface area contributed by atoms with Crippen LogP contribution in [-0.4, -0.2) is 0 Å². The molecule has 0 aliphatic carbocycles. The Bertz CT molecular complexity index is 867. The van der Waals surface area contributed by atoms with E-state index in [4.69, 9.17) is 0 Å². The average Bonchev–Trinajstić information content (AvgIpc) is 3.29. The Hall–Kier alpha value is -0.980. The molecule has 0 atom stereocenters. The van der Waals surface area contributed by atoms with Gasteiger partial charge in [-0.2, -0.15) is 0 Å². The third kappa shape index (κ3) is 4.52. The molecule has 0 nitrogen and oxygen atoms in total. The second-order valence-corrected chi connectivity index (χ2v) is 10.1. The van der Waals surface area contributed by atoms with Gasteiger partial charge in [-0.25, -0.2) is 0 Å². The van der Waals surface area contributed by atoms with Gasteiger partial charge in [-0.15, -0.1) is 45.3 Å². The van der Waals surface area contributed by atoms with Gasteiger partial charge in [0.1, 0.15) is 10.8 Å². The zero-order chi connectivity index (χ0) is 16.1. The van der Waals surface area contributed by atoms with Gasteiger partial charge in [-0.1, -0.05) is 0 Å². The molecule has 0 bridgehead atoms. The molecule has 0 radical (unpaired) electrons. The van der Waals surface area contributed by atoms with E-state index in [1.54, 1.807) is 0 Å². The Morgan fingerprint density at radius 3 is 1.57 bits per heavy atom. The van der Waals surface area contributed by atoms with Crippen molar-refractivity contribution in [2.75, 3.05) is 0 Å². The first-order valence-corrected chi connectivity index (χ1v) is 11.5. The molecule has 0 fully saturated rings.